The van der Waals surface area contributed by atoms with Gasteiger partial charge in [-0.05, 0) is 31.3 Å². The number of rotatable bonds is 4. The topological polar surface area (TPSA) is 113 Å². The number of nitrogens with two attached hydrogens (primary N) is 1. The number of nitrogen functional groups attached to an aromatic ring is 1. The number of carbonyl (C=O) groups excluding carboxylic acids is 1. The molecule has 0 saturated carbocycles. The number of fused-ring (bicyclic) bond motifs is 1. The van der Waals surface area contributed by atoms with Crippen LogP contribution in [0.1, 0.15) is 10.4 Å². The number of thiazole rings is 1. The molecule has 1 aliphatic rings. The van der Waals surface area contributed by atoms with E-state index in [1.54, 1.807) is 30.7 Å². The summed E-state index contributed by atoms with van der Waals surface area (Å²) in [5.74, 6) is 1.02. The highest BCUT2D eigenvalue weighted by atomic mass is 32.1. The van der Waals surface area contributed by atoms with Gasteiger partial charge in [0.15, 0.2) is 5.13 Å². The number of aromatic nitrogens is 4. The van der Waals surface area contributed by atoms with Gasteiger partial charge >= 0.3 is 0 Å². The van der Waals surface area contributed by atoms with Crippen molar-refractivity contribution in [2.24, 2.45) is 0 Å². The molecule has 4 aromatic heterocycles. The van der Waals surface area contributed by atoms with Crippen LogP contribution in [0.25, 0.3) is 21.5 Å². The summed E-state index contributed by atoms with van der Waals surface area (Å²) < 4.78 is 0. The number of pyridine rings is 3. The minimum Gasteiger partial charge on any atom is -0.375 e. The molecule has 0 radical (unpaired) electrons. The molecule has 1 fully saturated rings. The van der Waals surface area contributed by atoms with Gasteiger partial charge in [0.2, 0.25) is 0 Å². The third-order valence-corrected chi connectivity index (χ3v) is 6.28. The van der Waals surface area contributed by atoms with Crippen LogP contribution in [0, 0.1) is 0 Å². The van der Waals surface area contributed by atoms with E-state index < -0.39 is 0 Å². The van der Waals surface area contributed by atoms with Crippen LogP contribution in [0.2, 0.25) is 0 Å². The first-order valence-electron chi connectivity index (χ1n) is 10.2. The summed E-state index contributed by atoms with van der Waals surface area (Å²) in [7, 11) is 2.11. The fourth-order valence-electron chi connectivity index (χ4n) is 3.58. The van der Waals surface area contributed by atoms with Gasteiger partial charge in [0.05, 0.1) is 16.1 Å². The van der Waals surface area contributed by atoms with Crippen molar-refractivity contribution >= 4 is 44.9 Å². The molecule has 32 heavy (non-hydrogen) atoms. The Morgan fingerprint density at radius 3 is 2.69 bits per heavy atom. The third kappa shape index (κ3) is 4.23. The molecular weight excluding hydrogens is 424 g/mol. The molecule has 1 amide bonds. The van der Waals surface area contributed by atoms with E-state index in [1.165, 1.54) is 11.3 Å². The van der Waals surface area contributed by atoms with Crippen molar-refractivity contribution < 1.29 is 4.79 Å². The highest BCUT2D eigenvalue weighted by Gasteiger charge is 2.17. The molecule has 1 saturated heterocycles. The lowest BCUT2D eigenvalue weighted by Crippen LogP contribution is -2.44. The van der Waals surface area contributed by atoms with E-state index >= 15 is 0 Å². The smallest absolute Gasteiger partial charge is 0.257 e. The van der Waals surface area contributed by atoms with Gasteiger partial charge < -0.3 is 20.9 Å². The van der Waals surface area contributed by atoms with Gasteiger partial charge in [0.1, 0.15) is 11.6 Å². The van der Waals surface area contributed by atoms with E-state index in [4.69, 9.17) is 5.73 Å². The zero-order valence-corrected chi connectivity index (χ0v) is 18.3. The zero-order chi connectivity index (χ0) is 22.1. The van der Waals surface area contributed by atoms with Gasteiger partial charge in [-0.25, -0.2) is 19.9 Å². The number of hydrogen-bond acceptors (Lipinski definition) is 9. The fourth-order valence-corrected chi connectivity index (χ4v) is 4.24. The Bertz CT molecular complexity index is 1280. The number of carbonyl (C=O) groups is 1. The number of nitrogens with zero attached hydrogens (tertiary/aromatic N) is 6. The van der Waals surface area contributed by atoms with Gasteiger partial charge in [0.25, 0.3) is 5.91 Å². The summed E-state index contributed by atoms with van der Waals surface area (Å²) in [5, 5.41) is 4.25. The SMILES string of the molecule is CN1CCN(c2cc(C(=O)Nc3cc4nc(-c5cnc(N)s5)ccc4cn3)ccn2)CC1. The number of nitrogens with one attached hydrogen (secondary N) is 1. The second-order valence-electron chi connectivity index (χ2n) is 7.67. The monoisotopic (exact) mass is 446 g/mol. The number of anilines is 3. The van der Waals surface area contributed by atoms with E-state index in [2.05, 4.69) is 42.1 Å². The molecule has 0 bridgehead atoms. The Kier molecular flexibility index (Phi) is 5.38. The maximum atomic E-state index is 12.9. The summed E-state index contributed by atoms with van der Waals surface area (Å²) in [6, 6.07) is 9.15. The van der Waals surface area contributed by atoms with Crippen LogP contribution in [0.15, 0.2) is 48.9 Å². The largest absolute Gasteiger partial charge is 0.375 e. The Hall–Kier alpha value is -3.63. The molecule has 5 rings (SSSR count). The summed E-state index contributed by atoms with van der Waals surface area (Å²) in [6.07, 6.45) is 5.08. The summed E-state index contributed by atoms with van der Waals surface area (Å²) >= 11 is 1.38. The van der Waals surface area contributed by atoms with Crippen LogP contribution in [0.5, 0.6) is 0 Å². The summed E-state index contributed by atoms with van der Waals surface area (Å²) in [4.78, 5) is 35.8. The van der Waals surface area contributed by atoms with Crippen molar-refractivity contribution in [3.63, 3.8) is 0 Å². The third-order valence-electron chi connectivity index (χ3n) is 5.43. The number of likely N-dealkylation sites (N-methyl/N-ethyl adjacent to an activating group) is 1. The highest BCUT2D eigenvalue weighted by molar-refractivity contribution is 7.18. The number of hydrogen-bond donors (Lipinski definition) is 2. The van der Waals surface area contributed by atoms with Crippen molar-refractivity contribution in [3.05, 3.63) is 54.5 Å². The average Bonchev–Trinajstić information content (AvgIpc) is 3.25. The lowest BCUT2D eigenvalue weighted by Gasteiger charge is -2.33. The van der Waals surface area contributed by atoms with E-state index in [0.717, 1.165) is 53.5 Å². The van der Waals surface area contributed by atoms with E-state index in [9.17, 15) is 4.79 Å². The summed E-state index contributed by atoms with van der Waals surface area (Å²) in [6.45, 7) is 3.73. The average molecular weight is 447 g/mol. The Labute approximate surface area is 189 Å². The van der Waals surface area contributed by atoms with Gasteiger partial charge in [-0.15, -0.1) is 0 Å². The van der Waals surface area contributed by atoms with Gasteiger partial charge in [-0.2, -0.15) is 0 Å². The van der Waals surface area contributed by atoms with Crippen molar-refractivity contribution in [1.82, 2.24) is 24.8 Å². The van der Waals surface area contributed by atoms with Crippen LogP contribution < -0.4 is 16.0 Å². The normalized spacial score (nSPS) is 14.6. The summed E-state index contributed by atoms with van der Waals surface area (Å²) in [5.41, 5.74) is 7.79. The van der Waals surface area contributed by atoms with Crippen molar-refractivity contribution in [1.29, 1.82) is 0 Å². The molecule has 0 aliphatic carbocycles. The minimum absolute atomic E-state index is 0.235. The predicted molar refractivity (Wildman–Crippen MR) is 127 cm³/mol. The molecular formula is C22H22N8OS. The van der Waals surface area contributed by atoms with Crippen LogP contribution in [-0.2, 0) is 0 Å². The lowest BCUT2D eigenvalue weighted by atomic mass is 10.2. The maximum absolute atomic E-state index is 12.9. The number of piperazine rings is 1. The molecule has 1 aliphatic heterocycles. The molecule has 0 aromatic carbocycles. The van der Waals surface area contributed by atoms with E-state index in [0.29, 0.717) is 16.5 Å². The second-order valence-corrected chi connectivity index (χ2v) is 8.73. The quantitative estimate of drug-likeness (QED) is 0.492. The first-order chi connectivity index (χ1) is 15.5. The minimum atomic E-state index is -0.235. The second kappa shape index (κ2) is 8.48. The molecule has 162 valence electrons. The van der Waals surface area contributed by atoms with Gasteiger partial charge in [-0.3, -0.25) is 4.79 Å². The van der Waals surface area contributed by atoms with Crippen LogP contribution in [0.4, 0.5) is 16.8 Å². The number of amides is 1. The molecule has 0 atom stereocenters. The van der Waals surface area contributed by atoms with E-state index in [1.807, 2.05) is 18.2 Å². The van der Waals surface area contributed by atoms with Gasteiger partial charge in [0, 0.05) is 61.8 Å². The fraction of sp³-hybridized carbons (Fsp3) is 0.227. The zero-order valence-electron chi connectivity index (χ0n) is 17.5. The maximum Gasteiger partial charge on any atom is 0.257 e. The van der Waals surface area contributed by atoms with E-state index in [-0.39, 0.29) is 5.91 Å². The predicted octanol–water partition coefficient (Wildman–Crippen LogP) is 2.73. The van der Waals surface area contributed by atoms with Crippen molar-refractivity contribution in [2.45, 2.75) is 0 Å². The molecule has 9 nitrogen and oxygen atoms in total. The first kappa shape index (κ1) is 20.3. The first-order valence-corrected chi connectivity index (χ1v) is 11.1. The van der Waals surface area contributed by atoms with Crippen LogP contribution >= 0.6 is 11.3 Å². The molecule has 0 unspecified atom stereocenters. The molecule has 4 aromatic rings. The standard InChI is InChI=1S/C22H22N8OS/c1-29-6-8-30(9-7-29)20-10-14(4-5-24-20)21(31)28-19-11-17-15(12-25-19)2-3-16(27-17)18-13-26-22(23)32-18/h2-5,10-13H,6-9H2,1H3,(H2,23,26)(H,25,28,31). The molecule has 10 heteroatoms. The highest BCUT2D eigenvalue weighted by Crippen LogP contribution is 2.28. The van der Waals surface area contributed by atoms with Gasteiger partial charge in [-0.1, -0.05) is 11.3 Å². The molecule has 3 N–H and O–H groups in total. The molecule has 0 spiro atoms. The van der Waals surface area contributed by atoms with Crippen molar-refractivity contribution in [2.75, 3.05) is 49.2 Å². The van der Waals surface area contributed by atoms with Crippen molar-refractivity contribution in [3.8, 4) is 10.6 Å². The molecule has 5 heterocycles. The van der Waals surface area contributed by atoms with Crippen LogP contribution in [0.3, 0.4) is 0 Å². The Morgan fingerprint density at radius 2 is 1.91 bits per heavy atom. The van der Waals surface area contributed by atoms with Crippen LogP contribution in [-0.4, -0.2) is 64.0 Å². The lowest BCUT2D eigenvalue weighted by molar-refractivity contribution is 0.102. The Morgan fingerprint density at radius 1 is 1.06 bits per heavy atom. The Balaban J connectivity index is 1.36.